The summed E-state index contributed by atoms with van der Waals surface area (Å²) in [5.41, 5.74) is 6.69. The third-order valence-electron chi connectivity index (χ3n) is 2.72. The molecule has 18 heavy (non-hydrogen) atoms. The molecule has 1 atom stereocenters. The van der Waals surface area contributed by atoms with Gasteiger partial charge in [0.05, 0.1) is 22.3 Å². The molecule has 0 heterocycles. The maximum atomic E-state index is 13.4. The Labute approximate surface area is 111 Å². The highest BCUT2D eigenvalue weighted by atomic mass is 35.5. The maximum Gasteiger partial charge on any atom is 0.224 e. The molecule has 1 unspecified atom stereocenters. The first-order valence-electron chi connectivity index (χ1n) is 5.54. The number of benzene rings is 1. The van der Waals surface area contributed by atoms with E-state index < -0.39 is 5.82 Å². The predicted octanol–water partition coefficient (Wildman–Crippen LogP) is 1.88. The minimum atomic E-state index is -0.527. The number of halogens is 2. The molecule has 3 N–H and O–H groups in total. The summed E-state index contributed by atoms with van der Waals surface area (Å²) >= 11 is 5.63. The molecule has 0 aliphatic heterocycles. The maximum absolute atomic E-state index is 13.4. The zero-order chi connectivity index (χ0) is 13.9. The van der Waals surface area contributed by atoms with E-state index in [2.05, 4.69) is 5.32 Å². The summed E-state index contributed by atoms with van der Waals surface area (Å²) in [6, 6.07) is 2.64. The molecule has 0 bridgehead atoms. The normalized spacial score (nSPS) is 12.1. The highest BCUT2D eigenvalue weighted by Gasteiger charge is 2.16. The molecule has 0 fully saturated rings. The Morgan fingerprint density at radius 2 is 2.22 bits per heavy atom. The molecule has 4 nitrogen and oxygen atoms in total. The molecule has 0 aliphatic rings. The van der Waals surface area contributed by atoms with Crippen LogP contribution in [0, 0.1) is 11.7 Å². The van der Waals surface area contributed by atoms with Crippen LogP contribution < -0.4 is 16.0 Å². The van der Waals surface area contributed by atoms with Crippen molar-refractivity contribution in [1.29, 1.82) is 0 Å². The van der Waals surface area contributed by atoms with Gasteiger partial charge in [-0.2, -0.15) is 0 Å². The highest BCUT2D eigenvalue weighted by Crippen LogP contribution is 2.28. The van der Waals surface area contributed by atoms with Crippen LogP contribution in [0.4, 0.5) is 15.8 Å². The fourth-order valence-electron chi connectivity index (χ4n) is 1.72. The molecule has 6 heteroatoms. The van der Waals surface area contributed by atoms with E-state index in [0.29, 0.717) is 17.9 Å². The summed E-state index contributed by atoms with van der Waals surface area (Å²) in [5, 5.41) is 2.55. The van der Waals surface area contributed by atoms with Gasteiger partial charge in [0, 0.05) is 26.7 Å². The Hall–Kier alpha value is -1.49. The van der Waals surface area contributed by atoms with Gasteiger partial charge in [0.1, 0.15) is 5.82 Å². The van der Waals surface area contributed by atoms with Crippen LogP contribution >= 0.6 is 11.6 Å². The van der Waals surface area contributed by atoms with Crippen LogP contribution in [0.2, 0.25) is 5.02 Å². The van der Waals surface area contributed by atoms with E-state index >= 15 is 0 Å². The average Bonchev–Trinajstić information content (AvgIpc) is 2.32. The molecule has 100 valence electrons. The number of amides is 1. The summed E-state index contributed by atoms with van der Waals surface area (Å²) in [6.45, 7) is 2.22. The number of anilines is 2. The molecule has 0 saturated heterocycles. The van der Waals surface area contributed by atoms with Crippen LogP contribution in [0.25, 0.3) is 0 Å². The van der Waals surface area contributed by atoms with Crippen molar-refractivity contribution in [2.24, 2.45) is 5.92 Å². The van der Waals surface area contributed by atoms with Crippen molar-refractivity contribution in [3.63, 3.8) is 0 Å². The van der Waals surface area contributed by atoms with Crippen molar-refractivity contribution >= 4 is 28.9 Å². The van der Waals surface area contributed by atoms with E-state index in [0.717, 1.165) is 0 Å². The smallest absolute Gasteiger partial charge is 0.224 e. The predicted molar refractivity (Wildman–Crippen MR) is 72.3 cm³/mol. The third-order valence-corrected chi connectivity index (χ3v) is 3.01. The molecule has 0 aromatic heterocycles. The van der Waals surface area contributed by atoms with Crippen LogP contribution in [-0.4, -0.2) is 26.5 Å². The van der Waals surface area contributed by atoms with Gasteiger partial charge in [0.2, 0.25) is 5.91 Å². The van der Waals surface area contributed by atoms with Gasteiger partial charge in [0.15, 0.2) is 0 Å². The van der Waals surface area contributed by atoms with Gasteiger partial charge in [-0.3, -0.25) is 4.79 Å². The minimum Gasteiger partial charge on any atom is -0.397 e. The molecule has 1 aromatic carbocycles. The lowest BCUT2D eigenvalue weighted by molar-refractivity contribution is -0.123. The lowest BCUT2D eigenvalue weighted by atomic mass is 10.1. The third kappa shape index (κ3) is 3.26. The van der Waals surface area contributed by atoms with E-state index in [1.807, 2.05) is 0 Å². The molecule has 1 aromatic rings. The first kappa shape index (κ1) is 14.6. The Kier molecular flexibility index (Phi) is 4.78. The summed E-state index contributed by atoms with van der Waals surface area (Å²) in [4.78, 5) is 13.2. The van der Waals surface area contributed by atoms with Gasteiger partial charge in [-0.05, 0) is 6.07 Å². The first-order chi connectivity index (χ1) is 8.36. The monoisotopic (exact) mass is 273 g/mol. The molecular weight excluding hydrogens is 257 g/mol. The van der Waals surface area contributed by atoms with Crippen molar-refractivity contribution in [3.8, 4) is 0 Å². The van der Waals surface area contributed by atoms with Crippen LogP contribution in [0.15, 0.2) is 12.1 Å². The van der Waals surface area contributed by atoms with E-state index in [4.69, 9.17) is 17.3 Å². The van der Waals surface area contributed by atoms with E-state index in [1.165, 1.54) is 12.1 Å². The zero-order valence-electron chi connectivity index (χ0n) is 10.6. The topological polar surface area (TPSA) is 58.4 Å². The fourth-order valence-corrected chi connectivity index (χ4v) is 1.89. The van der Waals surface area contributed by atoms with Crippen LogP contribution in [0.1, 0.15) is 6.92 Å². The van der Waals surface area contributed by atoms with E-state index in [-0.39, 0.29) is 16.8 Å². The van der Waals surface area contributed by atoms with Gasteiger partial charge < -0.3 is 16.0 Å². The second-order valence-corrected chi connectivity index (χ2v) is 4.63. The summed E-state index contributed by atoms with van der Waals surface area (Å²) in [6.07, 6.45) is 0. The van der Waals surface area contributed by atoms with Crippen LogP contribution in [-0.2, 0) is 4.79 Å². The first-order valence-corrected chi connectivity index (χ1v) is 5.91. The van der Waals surface area contributed by atoms with Gasteiger partial charge in [-0.25, -0.2) is 4.39 Å². The van der Waals surface area contributed by atoms with E-state index in [1.54, 1.807) is 25.9 Å². The molecule has 1 rings (SSSR count). The van der Waals surface area contributed by atoms with E-state index in [9.17, 15) is 9.18 Å². The highest BCUT2D eigenvalue weighted by molar-refractivity contribution is 6.31. The Bertz CT molecular complexity index is 453. The molecular formula is C12H17ClFN3O. The van der Waals surface area contributed by atoms with Gasteiger partial charge in [-0.15, -0.1) is 0 Å². The standard InChI is InChI=1S/C12H17ClFN3O/c1-7(12(18)16-2)6-17(3)11-5-9(14)8(13)4-10(11)15/h4-5,7H,6,15H2,1-3H3,(H,16,18). The molecule has 0 spiro atoms. The lowest BCUT2D eigenvalue weighted by Gasteiger charge is -2.24. The largest absolute Gasteiger partial charge is 0.397 e. The van der Waals surface area contributed by atoms with Gasteiger partial charge >= 0.3 is 0 Å². The average molecular weight is 274 g/mol. The van der Waals surface area contributed by atoms with Gasteiger partial charge in [-0.1, -0.05) is 18.5 Å². The van der Waals surface area contributed by atoms with Crippen LogP contribution in [0.3, 0.4) is 0 Å². The molecule has 0 saturated carbocycles. The zero-order valence-corrected chi connectivity index (χ0v) is 11.4. The summed E-state index contributed by atoms with van der Waals surface area (Å²) in [5.74, 6) is -0.826. The SMILES string of the molecule is CNC(=O)C(C)CN(C)c1cc(F)c(Cl)cc1N. The van der Waals surface area contributed by atoms with Crippen LogP contribution in [0.5, 0.6) is 0 Å². The van der Waals surface area contributed by atoms with Crippen molar-refractivity contribution < 1.29 is 9.18 Å². The molecule has 1 amide bonds. The Morgan fingerprint density at radius 3 is 2.78 bits per heavy atom. The van der Waals surface area contributed by atoms with Crippen molar-refractivity contribution in [2.75, 3.05) is 31.3 Å². The number of carbonyl (C=O) groups excluding carboxylic acids is 1. The minimum absolute atomic E-state index is 0.0102. The van der Waals surface area contributed by atoms with Crippen molar-refractivity contribution in [2.45, 2.75) is 6.92 Å². The number of nitrogens with zero attached hydrogens (tertiary/aromatic N) is 1. The second-order valence-electron chi connectivity index (χ2n) is 4.22. The lowest BCUT2D eigenvalue weighted by Crippen LogP contribution is -2.34. The summed E-state index contributed by atoms with van der Waals surface area (Å²) < 4.78 is 13.4. The van der Waals surface area contributed by atoms with Crippen molar-refractivity contribution in [1.82, 2.24) is 5.32 Å². The molecule has 0 radical (unpaired) electrons. The second kappa shape index (κ2) is 5.91. The number of rotatable bonds is 4. The number of nitrogens with two attached hydrogens (primary N) is 1. The van der Waals surface area contributed by atoms with Gasteiger partial charge in [0.25, 0.3) is 0 Å². The number of hydrogen-bond acceptors (Lipinski definition) is 3. The number of nitrogens with one attached hydrogen (secondary N) is 1. The quantitative estimate of drug-likeness (QED) is 0.824. The molecule has 0 aliphatic carbocycles. The fraction of sp³-hybridized carbons (Fsp3) is 0.417. The summed E-state index contributed by atoms with van der Waals surface area (Å²) in [7, 11) is 3.33. The van der Waals surface area contributed by atoms with Crippen molar-refractivity contribution in [3.05, 3.63) is 23.0 Å². The number of nitrogen functional groups attached to an aromatic ring is 1. The number of carbonyl (C=O) groups is 1. The number of hydrogen-bond donors (Lipinski definition) is 2. The Balaban J connectivity index is 2.87. The Morgan fingerprint density at radius 1 is 1.61 bits per heavy atom.